The van der Waals surface area contributed by atoms with Crippen LogP contribution in [0.3, 0.4) is 0 Å². The van der Waals surface area contributed by atoms with E-state index in [4.69, 9.17) is 0 Å². The van der Waals surface area contributed by atoms with Crippen molar-refractivity contribution in [3.8, 4) is 0 Å². The first-order chi connectivity index (χ1) is 7.57. The molecule has 1 saturated heterocycles. The molecule has 0 bridgehead atoms. The molecule has 0 radical (unpaired) electrons. The second kappa shape index (κ2) is 6.04. The highest BCUT2D eigenvalue weighted by molar-refractivity contribution is 5.81. The highest BCUT2D eigenvalue weighted by Gasteiger charge is 2.33. The van der Waals surface area contributed by atoms with Crippen molar-refractivity contribution < 1.29 is 4.79 Å². The van der Waals surface area contributed by atoms with E-state index in [0.717, 1.165) is 6.42 Å². The molecular formula is C13H24N2O. The number of likely N-dealkylation sites (tertiary alicyclic amines) is 1. The SMILES string of the molecule is C=CCCNC(=O)C(C)N1C(C)CCC1C. The van der Waals surface area contributed by atoms with Gasteiger partial charge in [0.15, 0.2) is 0 Å². The van der Waals surface area contributed by atoms with Gasteiger partial charge in [-0.3, -0.25) is 9.69 Å². The summed E-state index contributed by atoms with van der Waals surface area (Å²) in [5.41, 5.74) is 0. The minimum absolute atomic E-state index is 0.0164. The maximum Gasteiger partial charge on any atom is 0.237 e. The summed E-state index contributed by atoms with van der Waals surface area (Å²) >= 11 is 0. The molecule has 0 aliphatic carbocycles. The van der Waals surface area contributed by atoms with Gasteiger partial charge in [-0.05, 0) is 40.0 Å². The number of nitrogens with zero attached hydrogens (tertiary/aromatic N) is 1. The molecule has 1 aliphatic heterocycles. The third-order valence-corrected chi connectivity index (χ3v) is 3.49. The Morgan fingerprint density at radius 2 is 2.06 bits per heavy atom. The fourth-order valence-corrected chi connectivity index (χ4v) is 2.56. The lowest BCUT2D eigenvalue weighted by Crippen LogP contribution is -2.49. The Labute approximate surface area is 98.9 Å². The average Bonchev–Trinajstić information content (AvgIpc) is 2.58. The van der Waals surface area contributed by atoms with Gasteiger partial charge in [0.25, 0.3) is 0 Å². The van der Waals surface area contributed by atoms with E-state index in [2.05, 4.69) is 30.6 Å². The van der Waals surface area contributed by atoms with Gasteiger partial charge in [0.2, 0.25) is 5.91 Å². The van der Waals surface area contributed by atoms with Crippen LogP contribution in [-0.2, 0) is 4.79 Å². The molecule has 92 valence electrons. The predicted molar refractivity (Wildman–Crippen MR) is 67.3 cm³/mol. The Morgan fingerprint density at radius 1 is 1.50 bits per heavy atom. The summed E-state index contributed by atoms with van der Waals surface area (Å²) in [6.45, 7) is 10.8. The zero-order valence-electron chi connectivity index (χ0n) is 10.7. The number of carbonyl (C=O) groups excluding carboxylic acids is 1. The molecule has 1 rings (SSSR count). The quantitative estimate of drug-likeness (QED) is 0.572. The Hall–Kier alpha value is -0.830. The van der Waals surface area contributed by atoms with Gasteiger partial charge in [-0.15, -0.1) is 6.58 Å². The average molecular weight is 224 g/mol. The van der Waals surface area contributed by atoms with E-state index in [9.17, 15) is 4.79 Å². The fourth-order valence-electron chi connectivity index (χ4n) is 2.56. The van der Waals surface area contributed by atoms with Crippen molar-refractivity contribution in [3.05, 3.63) is 12.7 Å². The summed E-state index contributed by atoms with van der Waals surface area (Å²) in [5.74, 6) is 0.141. The molecule has 1 fully saturated rings. The van der Waals surface area contributed by atoms with Crippen molar-refractivity contribution in [2.75, 3.05) is 6.54 Å². The molecule has 0 saturated carbocycles. The standard InChI is InChI=1S/C13H24N2O/c1-5-6-9-14-13(16)12(4)15-10(2)7-8-11(15)3/h5,10-12H,1,6-9H2,2-4H3,(H,14,16). The van der Waals surface area contributed by atoms with Gasteiger partial charge < -0.3 is 5.32 Å². The summed E-state index contributed by atoms with van der Waals surface area (Å²) in [6, 6.07) is 1.03. The number of amides is 1. The Kier molecular flexibility index (Phi) is 5.00. The van der Waals surface area contributed by atoms with Gasteiger partial charge in [0, 0.05) is 18.6 Å². The van der Waals surface area contributed by atoms with Gasteiger partial charge in [-0.2, -0.15) is 0 Å². The number of hydrogen-bond acceptors (Lipinski definition) is 2. The van der Waals surface area contributed by atoms with Crippen molar-refractivity contribution in [2.45, 2.75) is 58.2 Å². The first-order valence-corrected chi connectivity index (χ1v) is 6.24. The van der Waals surface area contributed by atoms with Crippen molar-refractivity contribution >= 4 is 5.91 Å². The summed E-state index contributed by atoms with van der Waals surface area (Å²) in [6.07, 6.45) is 5.06. The van der Waals surface area contributed by atoms with Crippen LogP contribution in [-0.4, -0.2) is 35.5 Å². The molecule has 3 atom stereocenters. The number of nitrogens with one attached hydrogen (secondary N) is 1. The van der Waals surface area contributed by atoms with Crippen LogP contribution >= 0.6 is 0 Å². The van der Waals surface area contributed by atoms with Crippen LogP contribution < -0.4 is 5.32 Å². The van der Waals surface area contributed by atoms with E-state index >= 15 is 0 Å². The highest BCUT2D eigenvalue weighted by Crippen LogP contribution is 2.25. The Bertz CT molecular complexity index is 242. The van der Waals surface area contributed by atoms with Gasteiger partial charge in [0.1, 0.15) is 0 Å². The van der Waals surface area contributed by atoms with E-state index in [1.54, 1.807) is 0 Å². The first-order valence-electron chi connectivity index (χ1n) is 6.24. The van der Waals surface area contributed by atoms with E-state index < -0.39 is 0 Å². The Morgan fingerprint density at radius 3 is 2.56 bits per heavy atom. The van der Waals surface area contributed by atoms with E-state index in [1.807, 2.05) is 13.0 Å². The van der Waals surface area contributed by atoms with E-state index in [0.29, 0.717) is 18.6 Å². The summed E-state index contributed by atoms with van der Waals surface area (Å²) in [7, 11) is 0. The lowest BCUT2D eigenvalue weighted by Gasteiger charge is -2.31. The van der Waals surface area contributed by atoms with Crippen molar-refractivity contribution in [1.29, 1.82) is 0 Å². The molecule has 1 aliphatic rings. The second-order valence-corrected chi connectivity index (χ2v) is 4.77. The topological polar surface area (TPSA) is 32.3 Å². The van der Waals surface area contributed by atoms with Crippen molar-refractivity contribution in [3.63, 3.8) is 0 Å². The van der Waals surface area contributed by atoms with Crippen LogP contribution in [0.25, 0.3) is 0 Å². The predicted octanol–water partition coefficient (Wildman–Crippen LogP) is 1.94. The van der Waals surface area contributed by atoms with Crippen LogP contribution in [0.4, 0.5) is 0 Å². The van der Waals surface area contributed by atoms with Crippen LogP contribution in [0.2, 0.25) is 0 Å². The van der Waals surface area contributed by atoms with E-state index in [1.165, 1.54) is 12.8 Å². The summed E-state index contributed by atoms with van der Waals surface area (Å²) in [5, 5.41) is 2.95. The minimum atomic E-state index is -0.0164. The van der Waals surface area contributed by atoms with Crippen molar-refractivity contribution in [2.24, 2.45) is 0 Å². The van der Waals surface area contributed by atoms with Crippen LogP contribution in [0, 0.1) is 0 Å². The number of hydrogen-bond donors (Lipinski definition) is 1. The molecule has 3 nitrogen and oxygen atoms in total. The van der Waals surface area contributed by atoms with E-state index in [-0.39, 0.29) is 11.9 Å². The van der Waals surface area contributed by atoms with Crippen LogP contribution in [0.15, 0.2) is 12.7 Å². The normalized spacial score (nSPS) is 27.7. The van der Waals surface area contributed by atoms with Gasteiger partial charge in [-0.1, -0.05) is 6.08 Å². The maximum absolute atomic E-state index is 11.9. The minimum Gasteiger partial charge on any atom is -0.354 e. The summed E-state index contributed by atoms with van der Waals surface area (Å²) < 4.78 is 0. The van der Waals surface area contributed by atoms with Gasteiger partial charge in [-0.25, -0.2) is 0 Å². The molecule has 0 spiro atoms. The molecule has 0 aromatic carbocycles. The molecule has 0 aromatic heterocycles. The third kappa shape index (κ3) is 3.08. The third-order valence-electron chi connectivity index (χ3n) is 3.49. The highest BCUT2D eigenvalue weighted by atomic mass is 16.2. The van der Waals surface area contributed by atoms with Crippen LogP contribution in [0.1, 0.15) is 40.0 Å². The number of rotatable bonds is 5. The second-order valence-electron chi connectivity index (χ2n) is 4.77. The smallest absolute Gasteiger partial charge is 0.237 e. The maximum atomic E-state index is 11.9. The number of carbonyl (C=O) groups is 1. The lowest BCUT2D eigenvalue weighted by atomic mass is 10.2. The monoisotopic (exact) mass is 224 g/mol. The Balaban J connectivity index is 2.45. The van der Waals surface area contributed by atoms with Crippen LogP contribution in [0.5, 0.6) is 0 Å². The molecule has 0 aromatic rings. The zero-order valence-corrected chi connectivity index (χ0v) is 10.7. The van der Waals surface area contributed by atoms with Crippen molar-refractivity contribution in [1.82, 2.24) is 10.2 Å². The molecule has 3 heteroatoms. The molecular weight excluding hydrogens is 200 g/mol. The lowest BCUT2D eigenvalue weighted by molar-refractivity contribution is -0.126. The van der Waals surface area contributed by atoms with Gasteiger partial charge >= 0.3 is 0 Å². The summed E-state index contributed by atoms with van der Waals surface area (Å²) in [4.78, 5) is 14.2. The van der Waals surface area contributed by atoms with Gasteiger partial charge in [0.05, 0.1) is 6.04 Å². The molecule has 3 unspecified atom stereocenters. The zero-order chi connectivity index (χ0) is 12.1. The first kappa shape index (κ1) is 13.2. The molecule has 16 heavy (non-hydrogen) atoms. The molecule has 1 heterocycles. The molecule has 1 N–H and O–H groups in total. The largest absolute Gasteiger partial charge is 0.354 e. The molecule has 1 amide bonds. The fraction of sp³-hybridized carbons (Fsp3) is 0.769.